The normalized spacial score (nSPS) is 25.4. The Bertz CT molecular complexity index is 346. The second kappa shape index (κ2) is 6.32. The van der Waals surface area contributed by atoms with E-state index in [1.54, 1.807) is 0 Å². The monoisotopic (exact) mass is 274 g/mol. The summed E-state index contributed by atoms with van der Waals surface area (Å²) in [4.78, 5) is 4.37. The first kappa shape index (κ1) is 14.2. The molecular formula is C12H24N3O2S. The Labute approximate surface area is 110 Å². The van der Waals surface area contributed by atoms with Gasteiger partial charge in [-0.1, -0.05) is 0 Å². The molecule has 2 N–H and O–H groups in total. The van der Waals surface area contributed by atoms with E-state index in [2.05, 4.69) is 11.3 Å². The molecule has 5 nitrogen and oxygen atoms in total. The molecule has 1 unspecified atom stereocenters. The Balaban J connectivity index is 1.91. The van der Waals surface area contributed by atoms with Gasteiger partial charge in [0.1, 0.15) is 5.37 Å². The number of piperidine rings is 1. The van der Waals surface area contributed by atoms with E-state index in [0.29, 0.717) is 6.42 Å². The van der Waals surface area contributed by atoms with E-state index in [0.717, 1.165) is 45.6 Å². The molecule has 0 amide bonds. The first-order valence-electron chi connectivity index (χ1n) is 6.87. The predicted molar refractivity (Wildman–Crippen MR) is 72.3 cm³/mol. The van der Waals surface area contributed by atoms with E-state index >= 15 is 0 Å². The summed E-state index contributed by atoms with van der Waals surface area (Å²) in [7, 11) is -3.47. The van der Waals surface area contributed by atoms with Crippen molar-refractivity contribution in [1.29, 1.82) is 0 Å². The molecule has 2 fully saturated rings. The highest BCUT2D eigenvalue weighted by atomic mass is 32.2. The van der Waals surface area contributed by atoms with Crippen molar-refractivity contribution in [2.45, 2.75) is 37.5 Å². The van der Waals surface area contributed by atoms with Gasteiger partial charge in [0.15, 0.2) is 0 Å². The number of primary sulfonamides is 1. The molecule has 0 spiro atoms. The number of hydrogen-bond donors (Lipinski definition) is 1. The molecule has 0 saturated carbocycles. The van der Waals surface area contributed by atoms with E-state index < -0.39 is 15.4 Å². The molecule has 6 heteroatoms. The summed E-state index contributed by atoms with van der Waals surface area (Å²) in [5.41, 5.74) is 0. The molecule has 1 atom stereocenters. The van der Waals surface area contributed by atoms with Gasteiger partial charge in [-0.2, -0.15) is 0 Å². The van der Waals surface area contributed by atoms with Gasteiger partial charge in [-0.05, 0) is 64.7 Å². The van der Waals surface area contributed by atoms with Crippen LogP contribution in [-0.4, -0.2) is 56.3 Å². The third-order valence-corrected chi connectivity index (χ3v) is 5.21. The van der Waals surface area contributed by atoms with Crippen molar-refractivity contribution in [3.8, 4) is 0 Å². The maximum absolute atomic E-state index is 11.7. The third kappa shape index (κ3) is 3.91. The summed E-state index contributed by atoms with van der Waals surface area (Å²) in [6.07, 6.45) is 7.26. The summed E-state index contributed by atoms with van der Waals surface area (Å²) in [6.45, 7) is 4.69. The second-order valence-electron chi connectivity index (χ2n) is 5.28. The first-order valence-corrected chi connectivity index (χ1v) is 8.48. The smallest absolute Gasteiger partial charge is 0.225 e. The maximum Gasteiger partial charge on any atom is 0.225 e. The van der Waals surface area contributed by atoms with Crippen LogP contribution >= 0.6 is 0 Å². The Morgan fingerprint density at radius 3 is 2.28 bits per heavy atom. The van der Waals surface area contributed by atoms with Gasteiger partial charge in [0, 0.05) is 6.54 Å². The summed E-state index contributed by atoms with van der Waals surface area (Å²) in [5.74, 6) is 0. The Hall–Kier alpha value is -0.170. The standard InChI is InChI=1S/C12H24N3O2S/c13-18(16,17)12(15-9-2-1-3-10-15)6-11-14-7-4-5-8-14/h1,12H,2-11H2,(H2,13,16,17). The zero-order valence-corrected chi connectivity index (χ0v) is 11.7. The molecule has 18 heavy (non-hydrogen) atoms. The van der Waals surface area contributed by atoms with E-state index in [4.69, 9.17) is 5.14 Å². The van der Waals surface area contributed by atoms with Crippen LogP contribution in [0.15, 0.2) is 0 Å². The average molecular weight is 274 g/mol. The topological polar surface area (TPSA) is 66.6 Å². The molecule has 0 aliphatic carbocycles. The van der Waals surface area contributed by atoms with Gasteiger partial charge < -0.3 is 4.90 Å². The van der Waals surface area contributed by atoms with E-state index in [1.807, 2.05) is 4.90 Å². The molecule has 0 aromatic carbocycles. The second-order valence-corrected chi connectivity index (χ2v) is 7.01. The fraction of sp³-hybridized carbons (Fsp3) is 0.917. The van der Waals surface area contributed by atoms with Gasteiger partial charge >= 0.3 is 0 Å². The lowest BCUT2D eigenvalue weighted by Crippen LogP contribution is -2.48. The number of sulfonamides is 1. The number of rotatable bonds is 5. The van der Waals surface area contributed by atoms with Crippen LogP contribution in [0.1, 0.15) is 32.1 Å². The van der Waals surface area contributed by atoms with Crippen molar-refractivity contribution in [3.05, 3.63) is 6.42 Å². The van der Waals surface area contributed by atoms with E-state index in [-0.39, 0.29) is 0 Å². The highest BCUT2D eigenvalue weighted by molar-refractivity contribution is 7.89. The van der Waals surface area contributed by atoms with Crippen LogP contribution in [0, 0.1) is 6.42 Å². The van der Waals surface area contributed by atoms with Crippen molar-refractivity contribution in [2.75, 3.05) is 32.7 Å². The van der Waals surface area contributed by atoms with Crippen LogP contribution < -0.4 is 5.14 Å². The maximum atomic E-state index is 11.7. The van der Waals surface area contributed by atoms with Crippen LogP contribution in [0.25, 0.3) is 0 Å². The number of nitrogens with zero attached hydrogens (tertiary/aromatic N) is 2. The van der Waals surface area contributed by atoms with Crippen LogP contribution in [-0.2, 0) is 10.0 Å². The lowest BCUT2D eigenvalue weighted by molar-refractivity contribution is 0.204. The lowest BCUT2D eigenvalue weighted by atomic mass is 10.1. The number of nitrogens with two attached hydrogens (primary N) is 1. The van der Waals surface area contributed by atoms with Gasteiger partial charge in [0.2, 0.25) is 10.0 Å². The van der Waals surface area contributed by atoms with Crippen molar-refractivity contribution in [3.63, 3.8) is 0 Å². The fourth-order valence-corrected chi connectivity index (χ4v) is 3.97. The van der Waals surface area contributed by atoms with Gasteiger partial charge in [0.05, 0.1) is 0 Å². The zero-order chi connectivity index (χ0) is 13.0. The van der Waals surface area contributed by atoms with Gasteiger partial charge in [-0.25, -0.2) is 13.6 Å². The SMILES string of the molecule is NS(=O)(=O)C(CCN1CCCC1)N1CC[CH]CC1. The van der Waals surface area contributed by atoms with Gasteiger partial charge in [-0.15, -0.1) is 0 Å². The lowest BCUT2D eigenvalue weighted by Gasteiger charge is -2.33. The molecule has 2 heterocycles. The zero-order valence-electron chi connectivity index (χ0n) is 10.9. The summed E-state index contributed by atoms with van der Waals surface area (Å²) in [6, 6.07) is 0. The summed E-state index contributed by atoms with van der Waals surface area (Å²) < 4.78 is 23.5. The van der Waals surface area contributed by atoms with Gasteiger partial charge in [0.25, 0.3) is 0 Å². The van der Waals surface area contributed by atoms with Crippen molar-refractivity contribution < 1.29 is 8.42 Å². The van der Waals surface area contributed by atoms with Crippen molar-refractivity contribution in [1.82, 2.24) is 9.80 Å². The minimum atomic E-state index is -3.47. The molecule has 0 aromatic rings. The van der Waals surface area contributed by atoms with Crippen molar-refractivity contribution in [2.24, 2.45) is 5.14 Å². The Morgan fingerprint density at radius 1 is 1.11 bits per heavy atom. The largest absolute Gasteiger partial charge is 0.303 e. The molecule has 2 saturated heterocycles. The first-order chi connectivity index (χ1) is 8.57. The van der Waals surface area contributed by atoms with Gasteiger partial charge in [-0.3, -0.25) is 4.90 Å². The summed E-state index contributed by atoms with van der Waals surface area (Å²) >= 11 is 0. The minimum absolute atomic E-state index is 0.494. The molecular weight excluding hydrogens is 250 g/mol. The molecule has 2 aliphatic rings. The van der Waals surface area contributed by atoms with E-state index in [9.17, 15) is 8.42 Å². The third-order valence-electron chi connectivity index (χ3n) is 3.92. The average Bonchev–Trinajstić information content (AvgIpc) is 2.82. The predicted octanol–water partition coefficient (Wildman–Crippen LogP) is 0.387. The highest BCUT2D eigenvalue weighted by Gasteiger charge is 2.30. The highest BCUT2D eigenvalue weighted by Crippen LogP contribution is 2.18. The number of likely N-dealkylation sites (tertiary alicyclic amines) is 2. The van der Waals surface area contributed by atoms with Crippen LogP contribution in [0.2, 0.25) is 0 Å². The minimum Gasteiger partial charge on any atom is -0.303 e. The Kier molecular flexibility index (Phi) is 5.00. The quantitative estimate of drug-likeness (QED) is 0.787. The molecule has 0 bridgehead atoms. The summed E-state index contributed by atoms with van der Waals surface area (Å²) in [5, 5.41) is 4.90. The molecule has 2 aliphatic heterocycles. The van der Waals surface area contributed by atoms with Crippen LogP contribution in [0.5, 0.6) is 0 Å². The van der Waals surface area contributed by atoms with Crippen LogP contribution in [0.4, 0.5) is 0 Å². The Morgan fingerprint density at radius 2 is 1.72 bits per heavy atom. The molecule has 105 valence electrons. The molecule has 2 rings (SSSR count). The van der Waals surface area contributed by atoms with Crippen molar-refractivity contribution >= 4 is 10.0 Å². The molecule has 1 radical (unpaired) electrons. The number of hydrogen-bond acceptors (Lipinski definition) is 4. The fourth-order valence-electron chi connectivity index (χ4n) is 2.91. The molecule has 0 aromatic heterocycles. The van der Waals surface area contributed by atoms with E-state index in [1.165, 1.54) is 12.8 Å². The van der Waals surface area contributed by atoms with Crippen LogP contribution in [0.3, 0.4) is 0 Å².